The highest BCUT2D eigenvalue weighted by atomic mass is 16.5. The van der Waals surface area contributed by atoms with E-state index in [1.165, 1.54) is 35.2 Å². The Balaban J connectivity index is 1.37. The van der Waals surface area contributed by atoms with Gasteiger partial charge in [-0.3, -0.25) is 0 Å². The van der Waals surface area contributed by atoms with Crippen molar-refractivity contribution >= 4 is 5.69 Å². The van der Waals surface area contributed by atoms with E-state index >= 15 is 0 Å². The van der Waals surface area contributed by atoms with Gasteiger partial charge in [0.05, 0.1) is 6.61 Å². The van der Waals surface area contributed by atoms with Crippen LogP contribution in [0.5, 0.6) is 5.75 Å². The van der Waals surface area contributed by atoms with Crippen LogP contribution in [0, 0.1) is 6.92 Å². The first-order valence-corrected chi connectivity index (χ1v) is 7.87. The molecule has 108 valence electrons. The van der Waals surface area contributed by atoms with E-state index in [1.54, 1.807) is 0 Å². The Kier molecular flexibility index (Phi) is 3.10. The molecule has 1 N–H and O–H groups in total. The molecule has 0 bridgehead atoms. The molecule has 0 unspecified atom stereocenters. The molecule has 0 aromatic heterocycles. The molecular weight excluding hydrogens is 258 g/mol. The molecule has 1 aliphatic carbocycles. The molecule has 2 aromatic rings. The predicted molar refractivity (Wildman–Crippen MR) is 86.2 cm³/mol. The molecule has 0 saturated heterocycles. The highest BCUT2D eigenvalue weighted by Crippen LogP contribution is 2.39. The van der Waals surface area contributed by atoms with Crippen molar-refractivity contribution in [3.8, 4) is 5.75 Å². The van der Waals surface area contributed by atoms with Crippen molar-refractivity contribution in [2.45, 2.75) is 38.1 Å². The lowest BCUT2D eigenvalue weighted by Crippen LogP contribution is -2.33. The van der Waals surface area contributed by atoms with Gasteiger partial charge in [0.2, 0.25) is 0 Å². The summed E-state index contributed by atoms with van der Waals surface area (Å²) in [6, 6.07) is 16.1. The van der Waals surface area contributed by atoms with E-state index in [1.807, 2.05) is 0 Å². The fourth-order valence-corrected chi connectivity index (χ4v) is 3.36. The number of ether oxygens (including phenoxy) is 1. The number of rotatable bonds is 3. The molecule has 21 heavy (non-hydrogen) atoms. The Morgan fingerprint density at radius 1 is 1.05 bits per heavy atom. The molecule has 2 aliphatic rings. The first-order chi connectivity index (χ1) is 10.3. The maximum atomic E-state index is 5.56. The van der Waals surface area contributed by atoms with Crippen molar-refractivity contribution in [2.75, 3.05) is 11.9 Å². The number of nitrogens with one attached hydrogen (secondary N) is 1. The zero-order valence-corrected chi connectivity index (χ0v) is 12.4. The van der Waals surface area contributed by atoms with Crippen molar-refractivity contribution in [1.82, 2.24) is 0 Å². The van der Waals surface area contributed by atoms with Crippen LogP contribution in [-0.4, -0.2) is 12.6 Å². The fraction of sp³-hybridized carbons (Fsp3) is 0.368. The van der Waals surface area contributed by atoms with Crippen molar-refractivity contribution < 1.29 is 4.74 Å². The Bertz CT molecular complexity index is 641. The number of anilines is 1. The number of aryl methyl sites for hydroxylation is 1. The second kappa shape index (κ2) is 5.10. The van der Waals surface area contributed by atoms with Gasteiger partial charge in [-0.25, -0.2) is 0 Å². The molecular formula is C19H21NO. The van der Waals surface area contributed by atoms with Crippen molar-refractivity contribution in [3.05, 3.63) is 59.2 Å². The highest BCUT2D eigenvalue weighted by molar-refractivity contribution is 5.53. The maximum Gasteiger partial charge on any atom is 0.122 e. The Morgan fingerprint density at radius 3 is 2.67 bits per heavy atom. The van der Waals surface area contributed by atoms with Gasteiger partial charge in [-0.15, -0.1) is 0 Å². The van der Waals surface area contributed by atoms with Gasteiger partial charge < -0.3 is 10.1 Å². The molecule has 1 saturated carbocycles. The first-order valence-electron chi connectivity index (χ1n) is 7.87. The molecule has 2 heteroatoms. The number of hydrogen-bond donors (Lipinski definition) is 1. The lowest BCUT2D eigenvalue weighted by atomic mass is 9.75. The molecule has 0 radical (unpaired) electrons. The fourth-order valence-electron chi connectivity index (χ4n) is 3.36. The van der Waals surface area contributed by atoms with Gasteiger partial charge in [-0.2, -0.15) is 0 Å². The van der Waals surface area contributed by atoms with Crippen molar-refractivity contribution in [1.29, 1.82) is 0 Å². The molecule has 0 amide bonds. The van der Waals surface area contributed by atoms with E-state index in [4.69, 9.17) is 4.74 Å². The van der Waals surface area contributed by atoms with E-state index in [-0.39, 0.29) is 0 Å². The minimum atomic E-state index is 0.608. The zero-order chi connectivity index (χ0) is 14.2. The Morgan fingerprint density at radius 2 is 1.86 bits per heavy atom. The summed E-state index contributed by atoms with van der Waals surface area (Å²) in [5, 5.41) is 3.66. The van der Waals surface area contributed by atoms with Gasteiger partial charge in [0.15, 0.2) is 0 Å². The van der Waals surface area contributed by atoms with Crippen molar-refractivity contribution in [3.63, 3.8) is 0 Å². The van der Waals surface area contributed by atoms with E-state index in [0.29, 0.717) is 6.04 Å². The van der Waals surface area contributed by atoms with Gasteiger partial charge in [0.25, 0.3) is 0 Å². The van der Waals surface area contributed by atoms with E-state index < -0.39 is 0 Å². The average molecular weight is 279 g/mol. The second-order valence-corrected chi connectivity index (χ2v) is 6.34. The predicted octanol–water partition coefficient (Wildman–Crippen LogP) is 4.29. The number of hydrogen-bond acceptors (Lipinski definition) is 2. The lowest BCUT2D eigenvalue weighted by Gasteiger charge is -2.37. The highest BCUT2D eigenvalue weighted by Gasteiger charge is 2.30. The van der Waals surface area contributed by atoms with E-state index in [9.17, 15) is 0 Å². The van der Waals surface area contributed by atoms with Gasteiger partial charge >= 0.3 is 0 Å². The van der Waals surface area contributed by atoms with Crippen LogP contribution >= 0.6 is 0 Å². The summed E-state index contributed by atoms with van der Waals surface area (Å²) < 4.78 is 5.56. The third kappa shape index (κ3) is 2.51. The number of fused-ring (bicyclic) bond motifs is 1. The Labute approximate surface area is 126 Å². The normalized spacial score (nSPS) is 23.1. The van der Waals surface area contributed by atoms with Crippen LogP contribution in [0.4, 0.5) is 5.69 Å². The summed E-state index contributed by atoms with van der Waals surface area (Å²) in [6.45, 7) is 2.98. The first kappa shape index (κ1) is 12.8. The number of benzene rings is 2. The quantitative estimate of drug-likeness (QED) is 0.905. The molecule has 2 nitrogen and oxygen atoms in total. The Hall–Kier alpha value is -1.96. The molecule has 1 aliphatic heterocycles. The van der Waals surface area contributed by atoms with E-state index in [2.05, 4.69) is 54.7 Å². The molecule has 2 aromatic carbocycles. The zero-order valence-electron chi connectivity index (χ0n) is 12.4. The summed E-state index contributed by atoms with van der Waals surface area (Å²) in [4.78, 5) is 0. The molecule has 1 fully saturated rings. The monoisotopic (exact) mass is 279 g/mol. The summed E-state index contributed by atoms with van der Waals surface area (Å²) in [6.07, 6.45) is 3.51. The maximum absolute atomic E-state index is 5.56. The van der Waals surface area contributed by atoms with E-state index in [0.717, 1.165) is 24.7 Å². The van der Waals surface area contributed by atoms with Gasteiger partial charge in [-0.05, 0) is 55.0 Å². The van der Waals surface area contributed by atoms with Gasteiger partial charge in [0, 0.05) is 18.2 Å². The molecule has 0 spiro atoms. The third-order valence-electron chi connectivity index (χ3n) is 4.75. The third-order valence-corrected chi connectivity index (χ3v) is 4.75. The van der Waals surface area contributed by atoms with Crippen LogP contribution in [0.15, 0.2) is 42.5 Å². The van der Waals surface area contributed by atoms with Gasteiger partial charge in [0.1, 0.15) is 5.75 Å². The van der Waals surface area contributed by atoms with Crippen LogP contribution in [-0.2, 0) is 6.42 Å². The minimum Gasteiger partial charge on any atom is -0.493 e. The van der Waals surface area contributed by atoms with Crippen LogP contribution < -0.4 is 10.1 Å². The summed E-state index contributed by atoms with van der Waals surface area (Å²) in [7, 11) is 0. The van der Waals surface area contributed by atoms with Crippen LogP contribution in [0.3, 0.4) is 0 Å². The largest absolute Gasteiger partial charge is 0.493 e. The smallest absolute Gasteiger partial charge is 0.122 e. The standard InChI is InChI=1S/C19H21NO/c1-13-2-4-14(5-3-13)16-11-18(12-16)20-17-6-7-19-15(10-17)8-9-21-19/h2-7,10,16,18,20H,8-9,11-12H2,1H3. The lowest BCUT2D eigenvalue weighted by molar-refractivity contribution is 0.356. The molecule has 1 heterocycles. The summed E-state index contributed by atoms with van der Waals surface area (Å²) in [5.74, 6) is 1.78. The van der Waals surface area contributed by atoms with Gasteiger partial charge in [-0.1, -0.05) is 29.8 Å². The van der Waals surface area contributed by atoms with Crippen molar-refractivity contribution in [2.24, 2.45) is 0 Å². The van der Waals surface area contributed by atoms with Crippen LogP contribution in [0.2, 0.25) is 0 Å². The van der Waals surface area contributed by atoms with Crippen LogP contribution in [0.25, 0.3) is 0 Å². The minimum absolute atomic E-state index is 0.608. The molecule has 0 atom stereocenters. The SMILES string of the molecule is Cc1ccc(C2CC(Nc3ccc4c(c3)CCO4)C2)cc1. The summed E-state index contributed by atoms with van der Waals surface area (Å²) >= 11 is 0. The topological polar surface area (TPSA) is 21.3 Å². The second-order valence-electron chi connectivity index (χ2n) is 6.34. The van der Waals surface area contributed by atoms with Crippen LogP contribution in [0.1, 0.15) is 35.4 Å². The molecule has 4 rings (SSSR count). The summed E-state index contributed by atoms with van der Waals surface area (Å²) in [5.41, 5.74) is 5.41. The average Bonchev–Trinajstić information content (AvgIpc) is 2.91.